The second-order valence-electron chi connectivity index (χ2n) is 8.09. The van der Waals surface area contributed by atoms with Gasteiger partial charge < -0.3 is 15.2 Å². The highest BCUT2D eigenvalue weighted by atomic mass is 35.5. The topological polar surface area (TPSA) is 85.2 Å². The number of carbonyl (C=O) groups excluding carboxylic acids is 1. The predicted molar refractivity (Wildman–Crippen MR) is 120 cm³/mol. The average molecular weight is 429 g/mol. The Morgan fingerprint density at radius 3 is 2.60 bits per heavy atom. The lowest BCUT2D eigenvalue weighted by atomic mass is 10.0. The lowest BCUT2D eigenvalue weighted by Crippen LogP contribution is -2.37. The third-order valence-corrected chi connectivity index (χ3v) is 5.47. The van der Waals surface area contributed by atoms with Gasteiger partial charge in [0.15, 0.2) is 0 Å². The number of nitrogens with two attached hydrogens (primary N) is 1. The van der Waals surface area contributed by atoms with Crippen LogP contribution in [-0.2, 0) is 6.42 Å². The molecule has 1 saturated carbocycles. The molecule has 0 bridgehead atoms. The van der Waals surface area contributed by atoms with Crippen molar-refractivity contribution in [1.82, 2.24) is 15.0 Å². The summed E-state index contributed by atoms with van der Waals surface area (Å²) in [6.07, 6.45) is 3.01. The quantitative estimate of drug-likeness (QED) is 0.578. The van der Waals surface area contributed by atoms with Gasteiger partial charge in [0.25, 0.3) is 11.6 Å². The van der Waals surface area contributed by atoms with Crippen molar-refractivity contribution in [3.8, 4) is 0 Å². The fraction of sp³-hybridized carbons (Fsp3) is 0.435. The van der Waals surface area contributed by atoms with E-state index in [0.29, 0.717) is 36.8 Å². The molecule has 0 saturated heterocycles. The van der Waals surface area contributed by atoms with Gasteiger partial charge in [-0.25, -0.2) is 4.98 Å². The van der Waals surface area contributed by atoms with Crippen molar-refractivity contribution >= 4 is 29.4 Å². The molecule has 2 heterocycles. The summed E-state index contributed by atoms with van der Waals surface area (Å²) in [5.74, 6) is 0.542. The Morgan fingerprint density at radius 2 is 1.97 bits per heavy atom. The molecule has 3 aromatic rings. The summed E-state index contributed by atoms with van der Waals surface area (Å²) >= 11 is 0. The van der Waals surface area contributed by atoms with Crippen LogP contribution in [0.15, 0.2) is 40.9 Å². The number of benzene rings is 1. The molecule has 1 fully saturated rings. The molecular weight excluding hydrogens is 400 g/mol. The molecule has 0 unspecified atom stereocenters. The molecule has 30 heavy (non-hydrogen) atoms. The van der Waals surface area contributed by atoms with Crippen LogP contribution in [0.25, 0.3) is 11.1 Å². The van der Waals surface area contributed by atoms with Crippen LogP contribution in [0, 0.1) is 0 Å². The van der Waals surface area contributed by atoms with Gasteiger partial charge in [-0.15, -0.1) is 12.4 Å². The number of nitrogens with zero attached hydrogens (tertiary/aromatic N) is 3. The molecule has 0 atom stereocenters. The third-order valence-electron chi connectivity index (χ3n) is 5.47. The van der Waals surface area contributed by atoms with E-state index in [0.717, 1.165) is 36.0 Å². The molecule has 7 heteroatoms. The Hall–Kier alpha value is -2.44. The van der Waals surface area contributed by atoms with Crippen molar-refractivity contribution < 1.29 is 9.32 Å². The van der Waals surface area contributed by atoms with E-state index in [4.69, 9.17) is 10.3 Å². The van der Waals surface area contributed by atoms with E-state index >= 15 is 0 Å². The summed E-state index contributed by atoms with van der Waals surface area (Å²) in [6, 6.07) is 12.2. The molecule has 1 aliphatic carbocycles. The first-order valence-corrected chi connectivity index (χ1v) is 10.4. The zero-order valence-corrected chi connectivity index (χ0v) is 18.3. The van der Waals surface area contributed by atoms with Gasteiger partial charge in [-0.3, -0.25) is 4.79 Å². The van der Waals surface area contributed by atoms with Crippen LogP contribution >= 0.6 is 12.4 Å². The van der Waals surface area contributed by atoms with E-state index in [2.05, 4.69) is 22.3 Å². The summed E-state index contributed by atoms with van der Waals surface area (Å²) in [5.41, 5.74) is 9.87. The first-order valence-electron chi connectivity index (χ1n) is 10.4. The van der Waals surface area contributed by atoms with Gasteiger partial charge in [0, 0.05) is 31.2 Å². The van der Waals surface area contributed by atoms with Crippen LogP contribution in [0.4, 0.5) is 0 Å². The van der Waals surface area contributed by atoms with E-state index < -0.39 is 0 Å². The minimum atomic E-state index is -0.0224. The van der Waals surface area contributed by atoms with Crippen LogP contribution in [0.2, 0.25) is 0 Å². The highest BCUT2D eigenvalue weighted by molar-refractivity contribution is 6.06. The first kappa shape index (κ1) is 22.2. The molecule has 1 amide bonds. The van der Waals surface area contributed by atoms with Crippen LogP contribution in [0.5, 0.6) is 0 Å². The van der Waals surface area contributed by atoms with E-state index in [1.165, 1.54) is 5.56 Å². The zero-order valence-electron chi connectivity index (χ0n) is 17.5. The minimum Gasteiger partial charge on any atom is -0.337 e. The van der Waals surface area contributed by atoms with Gasteiger partial charge in [0.05, 0.1) is 16.6 Å². The summed E-state index contributed by atoms with van der Waals surface area (Å²) < 4.78 is 5.53. The zero-order chi connectivity index (χ0) is 20.4. The molecule has 1 aromatic carbocycles. The van der Waals surface area contributed by atoms with Gasteiger partial charge in [0.2, 0.25) is 0 Å². The van der Waals surface area contributed by atoms with Gasteiger partial charge in [-0.2, -0.15) is 0 Å². The van der Waals surface area contributed by atoms with Crippen molar-refractivity contribution in [2.75, 3.05) is 19.6 Å². The van der Waals surface area contributed by atoms with Crippen molar-refractivity contribution in [3.63, 3.8) is 0 Å². The van der Waals surface area contributed by atoms with Gasteiger partial charge >= 0.3 is 0 Å². The maximum atomic E-state index is 13.6. The number of fused-ring (bicyclic) bond motifs is 1. The number of amides is 1. The molecule has 0 aliphatic heterocycles. The number of pyridine rings is 1. The Balaban J connectivity index is 0.00000256. The van der Waals surface area contributed by atoms with Crippen molar-refractivity contribution in [2.24, 2.45) is 5.73 Å². The molecule has 0 spiro atoms. The summed E-state index contributed by atoms with van der Waals surface area (Å²) in [7, 11) is 0. The maximum absolute atomic E-state index is 13.6. The molecule has 2 N–H and O–H groups in total. The second kappa shape index (κ2) is 9.58. The average Bonchev–Trinajstić information content (AvgIpc) is 3.49. The summed E-state index contributed by atoms with van der Waals surface area (Å²) in [4.78, 5) is 20.1. The smallest absolute Gasteiger partial charge is 0.259 e. The molecule has 2 aromatic heterocycles. The van der Waals surface area contributed by atoms with Crippen LogP contribution < -0.4 is 5.73 Å². The molecule has 6 nitrogen and oxygen atoms in total. The number of hydrogen-bond acceptors (Lipinski definition) is 5. The number of rotatable bonds is 8. The second-order valence-corrected chi connectivity index (χ2v) is 8.09. The van der Waals surface area contributed by atoms with Gasteiger partial charge in [-0.05, 0) is 36.8 Å². The fourth-order valence-corrected chi connectivity index (χ4v) is 3.69. The van der Waals surface area contributed by atoms with Crippen LogP contribution in [0.3, 0.4) is 0 Å². The Kier molecular flexibility index (Phi) is 7.10. The number of aromatic nitrogens is 2. The lowest BCUT2D eigenvalue weighted by Gasteiger charge is -2.23. The van der Waals surface area contributed by atoms with Gasteiger partial charge in [-0.1, -0.05) is 49.3 Å². The van der Waals surface area contributed by atoms with Crippen molar-refractivity contribution in [1.29, 1.82) is 0 Å². The van der Waals surface area contributed by atoms with E-state index in [1.807, 2.05) is 43.0 Å². The first-order chi connectivity index (χ1) is 14.1. The number of halogens is 1. The lowest BCUT2D eigenvalue weighted by molar-refractivity contribution is 0.0763. The molecule has 0 radical (unpaired) electrons. The predicted octanol–water partition coefficient (Wildman–Crippen LogP) is 4.29. The highest BCUT2D eigenvalue weighted by Crippen LogP contribution is 2.41. The van der Waals surface area contributed by atoms with Crippen LogP contribution in [-0.4, -0.2) is 40.6 Å². The standard InChI is InChI=1S/C23H28N4O2.ClH/c1-15(2)21-20-18(14-19(17-8-9-17)25-22(20)29-26-21)23(28)27(13-11-24)12-10-16-6-4-3-5-7-16;/h3-7,14-15,17H,8-13,24H2,1-2H3;1H. The summed E-state index contributed by atoms with van der Waals surface area (Å²) in [5, 5.41) is 4.97. The third kappa shape index (κ3) is 4.65. The largest absolute Gasteiger partial charge is 0.337 e. The highest BCUT2D eigenvalue weighted by Gasteiger charge is 2.30. The van der Waals surface area contributed by atoms with Crippen molar-refractivity contribution in [3.05, 3.63) is 58.9 Å². The minimum absolute atomic E-state index is 0. The van der Waals surface area contributed by atoms with E-state index in [-0.39, 0.29) is 24.2 Å². The molecular formula is C23H29ClN4O2. The normalized spacial score (nSPS) is 13.5. The fourth-order valence-electron chi connectivity index (χ4n) is 3.69. The van der Waals surface area contributed by atoms with Crippen molar-refractivity contribution in [2.45, 2.75) is 44.9 Å². The SMILES string of the molecule is CC(C)c1noc2nc(C3CC3)cc(C(=O)N(CCN)CCc3ccccc3)c12.Cl. The monoisotopic (exact) mass is 428 g/mol. The maximum Gasteiger partial charge on any atom is 0.259 e. The molecule has 160 valence electrons. The Bertz CT molecular complexity index is 999. The molecule has 4 rings (SSSR count). The Labute approximate surface area is 183 Å². The van der Waals surface area contributed by atoms with E-state index in [9.17, 15) is 4.79 Å². The van der Waals surface area contributed by atoms with Crippen LogP contribution in [0.1, 0.15) is 65.8 Å². The number of hydrogen-bond donors (Lipinski definition) is 1. The number of carbonyl (C=O) groups is 1. The molecule has 1 aliphatic rings. The Morgan fingerprint density at radius 1 is 1.23 bits per heavy atom. The van der Waals surface area contributed by atoms with Gasteiger partial charge in [0.1, 0.15) is 0 Å². The van der Waals surface area contributed by atoms with E-state index in [1.54, 1.807) is 0 Å². The summed E-state index contributed by atoms with van der Waals surface area (Å²) in [6.45, 7) is 5.65.